The van der Waals surface area contributed by atoms with Gasteiger partial charge in [-0.15, -0.1) is 0 Å². The van der Waals surface area contributed by atoms with E-state index in [0.29, 0.717) is 17.1 Å². The normalized spacial score (nSPS) is 28.6. The lowest BCUT2D eigenvalue weighted by Crippen LogP contribution is -2.45. The summed E-state index contributed by atoms with van der Waals surface area (Å²) in [4.78, 5) is 14.9. The molecule has 0 aromatic carbocycles. The molecule has 1 heterocycles. The molecular weight excluding hydrogens is 244 g/mol. The lowest BCUT2D eigenvalue weighted by molar-refractivity contribution is -0.133. The van der Waals surface area contributed by atoms with Crippen LogP contribution in [0.4, 0.5) is 0 Å². The van der Waals surface area contributed by atoms with Gasteiger partial charge in [-0.3, -0.25) is 10.1 Å². The third kappa shape index (κ3) is 2.42. The zero-order chi connectivity index (χ0) is 13.3. The quantitative estimate of drug-likeness (QED) is 0.852. The van der Waals surface area contributed by atoms with E-state index in [1.807, 2.05) is 11.8 Å². The first-order valence-electron chi connectivity index (χ1n) is 7.12. The molecule has 1 N–H and O–H groups in total. The second-order valence-electron chi connectivity index (χ2n) is 6.13. The fourth-order valence-corrected chi connectivity index (χ4v) is 3.54. The molecule has 0 aromatic heterocycles. The van der Waals surface area contributed by atoms with Gasteiger partial charge in [0.15, 0.2) is 0 Å². The second kappa shape index (κ2) is 5.41. The SMILES string of the molecule is CSC(C)CN1C(=O)C2(CCCC2)NC1C(C)C. The molecule has 2 rings (SSSR count). The van der Waals surface area contributed by atoms with Gasteiger partial charge in [0, 0.05) is 11.8 Å². The minimum absolute atomic E-state index is 0.215. The average Bonchev–Trinajstić information content (AvgIpc) is 2.90. The molecule has 2 fully saturated rings. The average molecular weight is 270 g/mol. The van der Waals surface area contributed by atoms with E-state index in [2.05, 4.69) is 37.2 Å². The highest BCUT2D eigenvalue weighted by atomic mass is 32.2. The van der Waals surface area contributed by atoms with Crippen LogP contribution in [0.15, 0.2) is 0 Å². The fraction of sp³-hybridized carbons (Fsp3) is 0.929. The Balaban J connectivity index is 2.16. The van der Waals surface area contributed by atoms with Gasteiger partial charge < -0.3 is 4.90 Å². The Morgan fingerprint density at radius 1 is 1.39 bits per heavy atom. The lowest BCUT2D eigenvalue weighted by Gasteiger charge is -2.29. The van der Waals surface area contributed by atoms with Crippen LogP contribution in [0.5, 0.6) is 0 Å². The summed E-state index contributed by atoms with van der Waals surface area (Å²) >= 11 is 1.84. The van der Waals surface area contributed by atoms with Crippen LogP contribution < -0.4 is 5.32 Å². The van der Waals surface area contributed by atoms with Crippen LogP contribution in [0.25, 0.3) is 0 Å². The van der Waals surface area contributed by atoms with Gasteiger partial charge in [-0.25, -0.2) is 0 Å². The topological polar surface area (TPSA) is 32.3 Å². The van der Waals surface area contributed by atoms with Crippen LogP contribution in [-0.4, -0.2) is 40.6 Å². The summed E-state index contributed by atoms with van der Waals surface area (Å²) in [6.07, 6.45) is 6.78. The van der Waals surface area contributed by atoms with Crippen molar-refractivity contribution in [3.8, 4) is 0 Å². The molecule has 2 atom stereocenters. The van der Waals surface area contributed by atoms with Gasteiger partial charge in [0.05, 0.1) is 11.7 Å². The van der Waals surface area contributed by atoms with E-state index in [1.165, 1.54) is 12.8 Å². The molecule has 1 spiro atoms. The van der Waals surface area contributed by atoms with Gasteiger partial charge in [-0.1, -0.05) is 33.6 Å². The zero-order valence-electron chi connectivity index (χ0n) is 12.0. The Morgan fingerprint density at radius 3 is 2.50 bits per heavy atom. The number of hydrogen-bond acceptors (Lipinski definition) is 3. The first-order valence-corrected chi connectivity index (χ1v) is 8.40. The molecule has 0 radical (unpaired) electrons. The van der Waals surface area contributed by atoms with Crippen molar-refractivity contribution >= 4 is 17.7 Å². The minimum Gasteiger partial charge on any atom is -0.324 e. The molecule has 2 aliphatic rings. The van der Waals surface area contributed by atoms with E-state index in [9.17, 15) is 4.79 Å². The summed E-state index contributed by atoms with van der Waals surface area (Å²) in [5.74, 6) is 0.836. The number of nitrogens with one attached hydrogen (secondary N) is 1. The van der Waals surface area contributed by atoms with Crippen molar-refractivity contribution in [2.75, 3.05) is 12.8 Å². The highest BCUT2D eigenvalue weighted by Crippen LogP contribution is 2.38. The molecule has 0 aromatic rings. The molecule has 2 unspecified atom stereocenters. The Bertz CT molecular complexity index is 313. The third-order valence-electron chi connectivity index (χ3n) is 4.37. The molecule has 1 aliphatic carbocycles. The molecule has 1 amide bonds. The van der Waals surface area contributed by atoms with Gasteiger partial charge in [-0.2, -0.15) is 11.8 Å². The van der Waals surface area contributed by atoms with Crippen molar-refractivity contribution in [1.29, 1.82) is 0 Å². The smallest absolute Gasteiger partial charge is 0.244 e. The monoisotopic (exact) mass is 270 g/mol. The summed E-state index contributed by atoms with van der Waals surface area (Å²) in [5, 5.41) is 4.17. The van der Waals surface area contributed by atoms with Gasteiger partial charge in [0.25, 0.3) is 0 Å². The van der Waals surface area contributed by atoms with Crippen LogP contribution >= 0.6 is 11.8 Å². The maximum atomic E-state index is 12.8. The lowest BCUT2D eigenvalue weighted by atomic mass is 9.98. The number of hydrogen-bond donors (Lipinski definition) is 1. The Kier molecular flexibility index (Phi) is 4.27. The predicted octanol–water partition coefficient (Wildman–Crippen LogP) is 2.46. The number of carbonyl (C=O) groups is 1. The van der Waals surface area contributed by atoms with Crippen molar-refractivity contribution in [2.45, 2.75) is 63.4 Å². The van der Waals surface area contributed by atoms with Crippen molar-refractivity contribution < 1.29 is 4.79 Å². The summed E-state index contributed by atoms with van der Waals surface area (Å²) in [5.41, 5.74) is -0.215. The number of thioether (sulfide) groups is 1. The molecule has 1 aliphatic heterocycles. The van der Waals surface area contributed by atoms with Gasteiger partial charge in [-0.05, 0) is 25.0 Å². The Hall–Kier alpha value is -0.220. The van der Waals surface area contributed by atoms with Crippen molar-refractivity contribution in [3.63, 3.8) is 0 Å². The molecule has 104 valence electrons. The first-order chi connectivity index (χ1) is 8.50. The van der Waals surface area contributed by atoms with Crippen LogP contribution in [0.2, 0.25) is 0 Å². The minimum atomic E-state index is -0.215. The first kappa shape index (κ1) is 14.2. The van der Waals surface area contributed by atoms with Crippen molar-refractivity contribution in [1.82, 2.24) is 10.2 Å². The summed E-state index contributed by atoms with van der Waals surface area (Å²) in [6.45, 7) is 7.48. The summed E-state index contributed by atoms with van der Waals surface area (Å²) < 4.78 is 0. The second-order valence-corrected chi connectivity index (χ2v) is 7.40. The summed E-state index contributed by atoms with van der Waals surface area (Å²) in [7, 11) is 0. The molecule has 1 saturated carbocycles. The fourth-order valence-electron chi connectivity index (χ4n) is 3.24. The molecule has 1 saturated heterocycles. The zero-order valence-corrected chi connectivity index (χ0v) is 12.8. The van der Waals surface area contributed by atoms with E-state index < -0.39 is 0 Å². The van der Waals surface area contributed by atoms with Crippen LogP contribution in [0.3, 0.4) is 0 Å². The van der Waals surface area contributed by atoms with Crippen LogP contribution in [0, 0.1) is 5.92 Å². The van der Waals surface area contributed by atoms with E-state index in [4.69, 9.17) is 0 Å². The van der Waals surface area contributed by atoms with E-state index >= 15 is 0 Å². The number of nitrogens with zero attached hydrogens (tertiary/aromatic N) is 1. The molecule has 4 heteroatoms. The largest absolute Gasteiger partial charge is 0.324 e. The van der Waals surface area contributed by atoms with Gasteiger partial charge in [0.1, 0.15) is 0 Å². The molecule has 18 heavy (non-hydrogen) atoms. The van der Waals surface area contributed by atoms with E-state index in [0.717, 1.165) is 19.4 Å². The van der Waals surface area contributed by atoms with E-state index in [1.54, 1.807) is 0 Å². The maximum absolute atomic E-state index is 12.8. The number of amides is 1. The van der Waals surface area contributed by atoms with Crippen LogP contribution in [-0.2, 0) is 4.79 Å². The highest BCUT2D eigenvalue weighted by molar-refractivity contribution is 7.99. The molecule has 3 nitrogen and oxygen atoms in total. The standard InChI is InChI=1S/C14H26N2OS/c1-10(2)12-15-14(7-5-6-8-14)13(17)16(12)9-11(3)18-4/h10-12,15H,5-9H2,1-4H3. The van der Waals surface area contributed by atoms with Crippen molar-refractivity contribution in [3.05, 3.63) is 0 Å². The third-order valence-corrected chi connectivity index (χ3v) is 5.33. The summed E-state index contributed by atoms with van der Waals surface area (Å²) in [6, 6.07) is 0. The van der Waals surface area contributed by atoms with E-state index in [-0.39, 0.29) is 11.7 Å². The highest BCUT2D eigenvalue weighted by Gasteiger charge is 2.52. The van der Waals surface area contributed by atoms with Gasteiger partial charge in [0.2, 0.25) is 5.91 Å². The predicted molar refractivity (Wildman–Crippen MR) is 77.7 cm³/mol. The number of rotatable bonds is 4. The molecular formula is C14H26N2OS. The Morgan fingerprint density at radius 2 is 2.00 bits per heavy atom. The van der Waals surface area contributed by atoms with Crippen LogP contribution in [0.1, 0.15) is 46.5 Å². The molecule has 0 bridgehead atoms. The maximum Gasteiger partial charge on any atom is 0.244 e. The Labute approximate surface area is 115 Å². The number of carbonyl (C=O) groups excluding carboxylic acids is 1. The van der Waals surface area contributed by atoms with Gasteiger partial charge >= 0.3 is 0 Å². The van der Waals surface area contributed by atoms with Crippen molar-refractivity contribution in [2.24, 2.45) is 5.92 Å².